The smallest absolute Gasteiger partial charge is 0.269 e. The first kappa shape index (κ1) is 19.3. The molecule has 1 atom stereocenters. The maximum atomic E-state index is 13.6. The summed E-state index contributed by atoms with van der Waals surface area (Å²) in [6.45, 7) is 2.98. The topological polar surface area (TPSA) is 72.7 Å². The SMILES string of the molecule is CCOc1ccc2ccccc2c1C(=O)N1CCSC1c1ccc([N+](=O)[O-])cc1. The van der Waals surface area contributed by atoms with Crippen molar-refractivity contribution in [1.82, 2.24) is 4.90 Å². The number of amides is 1. The van der Waals surface area contributed by atoms with Crippen molar-refractivity contribution in [2.45, 2.75) is 12.3 Å². The van der Waals surface area contributed by atoms with Gasteiger partial charge in [-0.05, 0) is 41.5 Å². The average Bonchev–Trinajstić information content (AvgIpc) is 3.23. The number of non-ortho nitro benzene ring substituents is 1. The van der Waals surface area contributed by atoms with Gasteiger partial charge < -0.3 is 9.64 Å². The summed E-state index contributed by atoms with van der Waals surface area (Å²) >= 11 is 1.66. The van der Waals surface area contributed by atoms with Crippen LogP contribution in [0.4, 0.5) is 5.69 Å². The van der Waals surface area contributed by atoms with Gasteiger partial charge in [0, 0.05) is 24.4 Å². The van der Waals surface area contributed by atoms with E-state index in [0.717, 1.165) is 22.1 Å². The molecule has 1 aliphatic rings. The Labute approximate surface area is 172 Å². The zero-order chi connectivity index (χ0) is 20.4. The third-order valence-corrected chi connectivity index (χ3v) is 6.21. The second-order valence-electron chi connectivity index (χ2n) is 6.66. The number of hydrogen-bond acceptors (Lipinski definition) is 5. The van der Waals surface area contributed by atoms with Crippen LogP contribution in [0.5, 0.6) is 5.75 Å². The molecule has 0 N–H and O–H groups in total. The fourth-order valence-electron chi connectivity index (χ4n) is 3.61. The molecule has 0 aromatic heterocycles. The number of fused-ring (bicyclic) bond motifs is 1. The number of carbonyl (C=O) groups is 1. The van der Waals surface area contributed by atoms with Crippen molar-refractivity contribution in [3.63, 3.8) is 0 Å². The van der Waals surface area contributed by atoms with Gasteiger partial charge in [-0.2, -0.15) is 0 Å². The van der Waals surface area contributed by atoms with E-state index in [0.29, 0.717) is 24.5 Å². The molecular formula is C22H20N2O4S. The van der Waals surface area contributed by atoms with Gasteiger partial charge in [-0.25, -0.2) is 0 Å². The van der Waals surface area contributed by atoms with Crippen LogP contribution in [0.2, 0.25) is 0 Å². The van der Waals surface area contributed by atoms with Crippen LogP contribution in [0.15, 0.2) is 60.7 Å². The molecule has 0 aliphatic carbocycles. The molecule has 0 saturated carbocycles. The van der Waals surface area contributed by atoms with Gasteiger partial charge in [-0.15, -0.1) is 11.8 Å². The lowest BCUT2D eigenvalue weighted by Gasteiger charge is -2.25. The number of nitro groups is 1. The van der Waals surface area contributed by atoms with Gasteiger partial charge in [0.2, 0.25) is 0 Å². The monoisotopic (exact) mass is 408 g/mol. The normalized spacial score (nSPS) is 16.2. The first-order valence-corrected chi connectivity index (χ1v) is 10.5. The Balaban J connectivity index is 1.73. The lowest BCUT2D eigenvalue weighted by Crippen LogP contribution is -2.31. The lowest BCUT2D eigenvalue weighted by atomic mass is 10.0. The van der Waals surface area contributed by atoms with E-state index in [2.05, 4.69) is 0 Å². The van der Waals surface area contributed by atoms with Crippen molar-refractivity contribution >= 4 is 34.1 Å². The van der Waals surface area contributed by atoms with Gasteiger partial charge in [0.1, 0.15) is 11.1 Å². The maximum Gasteiger partial charge on any atom is 0.269 e. The van der Waals surface area contributed by atoms with Crippen molar-refractivity contribution in [3.05, 3.63) is 81.9 Å². The minimum atomic E-state index is -0.418. The summed E-state index contributed by atoms with van der Waals surface area (Å²) in [6.07, 6.45) is 0. The van der Waals surface area contributed by atoms with Crippen molar-refractivity contribution in [2.75, 3.05) is 18.9 Å². The Morgan fingerprint density at radius 2 is 1.93 bits per heavy atom. The van der Waals surface area contributed by atoms with Gasteiger partial charge in [-0.1, -0.05) is 30.3 Å². The van der Waals surface area contributed by atoms with Crippen molar-refractivity contribution in [1.29, 1.82) is 0 Å². The summed E-state index contributed by atoms with van der Waals surface area (Å²) < 4.78 is 5.78. The molecule has 0 radical (unpaired) electrons. The van der Waals surface area contributed by atoms with E-state index in [1.54, 1.807) is 23.9 Å². The zero-order valence-corrected chi connectivity index (χ0v) is 16.7. The Hall–Kier alpha value is -3.06. The van der Waals surface area contributed by atoms with Crippen molar-refractivity contribution < 1.29 is 14.5 Å². The van der Waals surface area contributed by atoms with Crippen LogP contribution >= 0.6 is 11.8 Å². The number of ether oxygens (including phenoxy) is 1. The minimum absolute atomic E-state index is 0.0438. The van der Waals surface area contributed by atoms with Crippen LogP contribution in [0.25, 0.3) is 10.8 Å². The largest absolute Gasteiger partial charge is 0.493 e. The Kier molecular flexibility index (Phi) is 5.40. The average molecular weight is 408 g/mol. The van der Waals surface area contributed by atoms with Crippen LogP contribution in [0.1, 0.15) is 28.2 Å². The number of hydrogen-bond donors (Lipinski definition) is 0. The highest BCUT2D eigenvalue weighted by atomic mass is 32.2. The molecule has 7 heteroatoms. The molecule has 1 fully saturated rings. The quantitative estimate of drug-likeness (QED) is 0.437. The Bertz CT molecular complexity index is 1070. The molecule has 1 amide bonds. The summed E-state index contributed by atoms with van der Waals surface area (Å²) in [5.41, 5.74) is 1.49. The van der Waals surface area contributed by atoms with Gasteiger partial charge in [0.15, 0.2) is 0 Å². The standard InChI is InChI=1S/C22H20N2O4S/c1-2-28-19-12-9-15-5-3-4-6-18(15)20(19)21(25)23-13-14-29-22(23)16-7-10-17(11-8-16)24(26)27/h3-12,22H,2,13-14H2,1H3. The third-order valence-electron chi connectivity index (χ3n) is 4.95. The molecule has 3 aromatic carbocycles. The first-order valence-electron chi connectivity index (χ1n) is 9.41. The van der Waals surface area contributed by atoms with E-state index in [1.807, 2.05) is 48.2 Å². The van der Waals surface area contributed by atoms with E-state index in [1.165, 1.54) is 12.1 Å². The van der Waals surface area contributed by atoms with Crippen molar-refractivity contribution in [3.8, 4) is 5.75 Å². The molecule has 1 unspecified atom stereocenters. The molecular weight excluding hydrogens is 388 g/mol. The van der Waals surface area contributed by atoms with Gasteiger partial charge >= 0.3 is 0 Å². The Morgan fingerprint density at radius 3 is 2.66 bits per heavy atom. The van der Waals surface area contributed by atoms with Gasteiger partial charge in [0.25, 0.3) is 11.6 Å². The van der Waals surface area contributed by atoms with Crippen molar-refractivity contribution in [2.24, 2.45) is 0 Å². The van der Waals surface area contributed by atoms with E-state index >= 15 is 0 Å². The number of nitrogens with zero attached hydrogens (tertiary/aromatic N) is 2. The predicted molar refractivity (Wildman–Crippen MR) is 114 cm³/mol. The summed E-state index contributed by atoms with van der Waals surface area (Å²) in [7, 11) is 0. The molecule has 1 saturated heterocycles. The molecule has 29 heavy (non-hydrogen) atoms. The number of carbonyl (C=O) groups excluding carboxylic acids is 1. The van der Waals surface area contributed by atoms with Crippen LogP contribution in [0, 0.1) is 10.1 Å². The fraction of sp³-hybridized carbons (Fsp3) is 0.227. The van der Waals surface area contributed by atoms with Crippen LogP contribution in [-0.4, -0.2) is 34.6 Å². The van der Waals surface area contributed by atoms with Crippen LogP contribution in [0.3, 0.4) is 0 Å². The maximum absolute atomic E-state index is 13.6. The minimum Gasteiger partial charge on any atom is -0.493 e. The van der Waals surface area contributed by atoms with Gasteiger partial charge in [-0.3, -0.25) is 14.9 Å². The highest BCUT2D eigenvalue weighted by Gasteiger charge is 2.33. The van der Waals surface area contributed by atoms with Gasteiger partial charge in [0.05, 0.1) is 17.1 Å². The Morgan fingerprint density at radius 1 is 1.17 bits per heavy atom. The lowest BCUT2D eigenvalue weighted by molar-refractivity contribution is -0.384. The molecule has 0 bridgehead atoms. The predicted octanol–water partition coefficient (Wildman–Crippen LogP) is 5.03. The highest BCUT2D eigenvalue weighted by molar-refractivity contribution is 7.99. The zero-order valence-electron chi connectivity index (χ0n) is 15.9. The summed E-state index contributed by atoms with van der Waals surface area (Å²) in [5, 5.41) is 12.6. The first-order chi connectivity index (χ1) is 14.1. The number of rotatable bonds is 5. The molecule has 3 aromatic rings. The third kappa shape index (κ3) is 3.65. The second kappa shape index (κ2) is 8.13. The summed E-state index contributed by atoms with van der Waals surface area (Å²) in [4.78, 5) is 26.0. The highest BCUT2D eigenvalue weighted by Crippen LogP contribution is 2.41. The van der Waals surface area contributed by atoms with Crippen LogP contribution in [-0.2, 0) is 0 Å². The molecule has 0 spiro atoms. The molecule has 4 rings (SSSR count). The molecule has 1 aliphatic heterocycles. The number of benzene rings is 3. The molecule has 1 heterocycles. The van der Waals surface area contributed by atoms with E-state index in [9.17, 15) is 14.9 Å². The second-order valence-corrected chi connectivity index (χ2v) is 7.85. The van der Waals surface area contributed by atoms with E-state index < -0.39 is 4.92 Å². The number of nitro benzene ring substituents is 1. The molecule has 148 valence electrons. The summed E-state index contributed by atoms with van der Waals surface area (Å²) in [5.74, 6) is 1.30. The molecule has 6 nitrogen and oxygen atoms in total. The number of thioether (sulfide) groups is 1. The summed E-state index contributed by atoms with van der Waals surface area (Å²) in [6, 6.07) is 18.0. The fourth-order valence-corrected chi connectivity index (χ4v) is 4.86. The van der Waals surface area contributed by atoms with Crippen LogP contribution < -0.4 is 4.74 Å². The van der Waals surface area contributed by atoms with E-state index in [4.69, 9.17) is 4.74 Å². The van der Waals surface area contributed by atoms with E-state index in [-0.39, 0.29) is 17.0 Å².